The highest BCUT2D eigenvalue weighted by Gasteiger charge is 2.30. The molecule has 1 amide bonds. The van der Waals surface area contributed by atoms with E-state index in [0.29, 0.717) is 18.7 Å². The number of hydrogen-bond acceptors (Lipinski definition) is 3. The van der Waals surface area contributed by atoms with Crippen molar-refractivity contribution in [2.24, 2.45) is 5.73 Å². The van der Waals surface area contributed by atoms with Crippen molar-refractivity contribution in [3.8, 4) is 5.75 Å². The normalized spacial score (nSPS) is 16.5. The molecule has 1 aliphatic carbocycles. The van der Waals surface area contributed by atoms with E-state index in [1.165, 1.54) is 0 Å². The standard InChI is InChI=1S/C24H26N2O4/c25-24(29)17-10-5-2-6-11-18-22(17)23-19(12-7-13-20(23)30-15-21(27)28)26(18)14-16-8-3-1-4-9-16/h1,3-4,7-9,12-13,17H,2,5-6,10-11,14-15H2,(H2,25,29)(H,27,28). The molecule has 0 saturated heterocycles. The smallest absolute Gasteiger partial charge is 0.341 e. The molecular formula is C24H26N2O4. The number of fused-ring (bicyclic) bond motifs is 3. The molecule has 0 fully saturated rings. The zero-order valence-electron chi connectivity index (χ0n) is 16.8. The van der Waals surface area contributed by atoms with E-state index in [2.05, 4.69) is 16.7 Å². The number of benzene rings is 2. The molecule has 0 saturated carbocycles. The zero-order chi connectivity index (χ0) is 21.1. The van der Waals surface area contributed by atoms with Crippen LogP contribution in [0.25, 0.3) is 10.9 Å². The van der Waals surface area contributed by atoms with Gasteiger partial charge < -0.3 is 20.1 Å². The number of primary amides is 1. The first-order valence-corrected chi connectivity index (χ1v) is 10.4. The Labute approximate surface area is 175 Å². The molecule has 3 aromatic rings. The average Bonchev–Trinajstić information content (AvgIpc) is 3.00. The number of nitrogens with zero attached hydrogens (tertiary/aromatic N) is 1. The van der Waals surface area contributed by atoms with Crippen LogP contribution in [0.2, 0.25) is 0 Å². The number of carbonyl (C=O) groups excluding carboxylic acids is 1. The van der Waals surface area contributed by atoms with Crippen LogP contribution in [0.15, 0.2) is 48.5 Å². The van der Waals surface area contributed by atoms with E-state index in [9.17, 15) is 9.59 Å². The van der Waals surface area contributed by atoms with Gasteiger partial charge in [-0.3, -0.25) is 4.79 Å². The van der Waals surface area contributed by atoms with Gasteiger partial charge >= 0.3 is 5.97 Å². The number of aromatic nitrogens is 1. The van der Waals surface area contributed by atoms with Gasteiger partial charge in [-0.2, -0.15) is 0 Å². The Bertz CT molecular complexity index is 1070. The molecule has 0 spiro atoms. The first kappa shape index (κ1) is 20.0. The highest BCUT2D eigenvalue weighted by atomic mass is 16.5. The molecule has 1 heterocycles. The minimum absolute atomic E-state index is 0.343. The highest BCUT2D eigenvalue weighted by molar-refractivity contribution is 5.97. The second-order valence-corrected chi connectivity index (χ2v) is 7.82. The number of nitrogens with two attached hydrogens (primary N) is 1. The molecule has 30 heavy (non-hydrogen) atoms. The molecule has 6 nitrogen and oxygen atoms in total. The summed E-state index contributed by atoms with van der Waals surface area (Å²) in [4.78, 5) is 23.6. The van der Waals surface area contributed by atoms with Gasteiger partial charge in [-0.15, -0.1) is 0 Å². The quantitative estimate of drug-likeness (QED) is 0.650. The molecule has 6 heteroatoms. The third-order valence-electron chi connectivity index (χ3n) is 5.83. The number of rotatable bonds is 6. The van der Waals surface area contributed by atoms with Crippen LogP contribution < -0.4 is 10.5 Å². The predicted octanol–water partition coefficient (Wildman–Crippen LogP) is 3.84. The van der Waals surface area contributed by atoms with Crippen LogP contribution in [-0.4, -0.2) is 28.2 Å². The fourth-order valence-electron chi connectivity index (χ4n) is 4.55. The van der Waals surface area contributed by atoms with Crippen LogP contribution in [0.5, 0.6) is 5.75 Å². The maximum Gasteiger partial charge on any atom is 0.341 e. The molecule has 0 aliphatic heterocycles. The predicted molar refractivity (Wildman–Crippen MR) is 115 cm³/mol. The minimum Gasteiger partial charge on any atom is -0.481 e. The molecule has 0 radical (unpaired) electrons. The summed E-state index contributed by atoms with van der Waals surface area (Å²) in [6, 6.07) is 15.8. The van der Waals surface area contributed by atoms with Gasteiger partial charge in [0.15, 0.2) is 6.61 Å². The van der Waals surface area contributed by atoms with Gasteiger partial charge in [0.2, 0.25) is 5.91 Å². The summed E-state index contributed by atoms with van der Waals surface area (Å²) in [7, 11) is 0. The SMILES string of the molecule is NC(=O)C1CCCCCc2c1c1c(OCC(=O)O)cccc1n2Cc1ccccc1. The van der Waals surface area contributed by atoms with Gasteiger partial charge in [0.25, 0.3) is 0 Å². The molecule has 2 aromatic carbocycles. The number of hydrogen-bond donors (Lipinski definition) is 2. The number of carboxylic acid groups (broad SMARTS) is 1. The zero-order valence-corrected chi connectivity index (χ0v) is 16.8. The molecule has 1 aromatic heterocycles. The van der Waals surface area contributed by atoms with Crippen molar-refractivity contribution < 1.29 is 19.4 Å². The fraction of sp³-hybridized carbons (Fsp3) is 0.333. The van der Waals surface area contributed by atoms with Gasteiger partial charge in [-0.1, -0.05) is 49.2 Å². The number of carbonyl (C=O) groups is 2. The van der Waals surface area contributed by atoms with Gasteiger partial charge in [0.1, 0.15) is 5.75 Å². The van der Waals surface area contributed by atoms with Crippen molar-refractivity contribution in [2.75, 3.05) is 6.61 Å². The van der Waals surface area contributed by atoms with Crippen molar-refractivity contribution in [3.63, 3.8) is 0 Å². The summed E-state index contributed by atoms with van der Waals surface area (Å²) >= 11 is 0. The van der Waals surface area contributed by atoms with E-state index < -0.39 is 18.5 Å². The molecule has 156 valence electrons. The Balaban J connectivity index is 1.96. The van der Waals surface area contributed by atoms with Crippen molar-refractivity contribution in [2.45, 2.75) is 44.6 Å². The summed E-state index contributed by atoms with van der Waals surface area (Å²) in [5, 5.41) is 9.92. The number of ether oxygens (including phenoxy) is 1. The van der Waals surface area contributed by atoms with Crippen LogP contribution in [0.3, 0.4) is 0 Å². The summed E-state index contributed by atoms with van der Waals surface area (Å²) in [6.45, 7) is 0.236. The van der Waals surface area contributed by atoms with Crippen molar-refractivity contribution in [1.82, 2.24) is 4.57 Å². The largest absolute Gasteiger partial charge is 0.481 e. The highest BCUT2D eigenvalue weighted by Crippen LogP contribution is 2.42. The second-order valence-electron chi connectivity index (χ2n) is 7.82. The van der Waals surface area contributed by atoms with Crippen molar-refractivity contribution in [3.05, 3.63) is 65.4 Å². The minimum atomic E-state index is -1.04. The number of carboxylic acids is 1. The van der Waals surface area contributed by atoms with Crippen LogP contribution in [0.1, 0.15) is 48.4 Å². The lowest BCUT2D eigenvalue weighted by molar-refractivity contribution is -0.139. The monoisotopic (exact) mass is 406 g/mol. The Morgan fingerprint density at radius 1 is 1.07 bits per heavy atom. The first-order valence-electron chi connectivity index (χ1n) is 10.4. The van der Waals surface area contributed by atoms with Gasteiger partial charge in [-0.05, 0) is 42.5 Å². The Morgan fingerprint density at radius 2 is 1.87 bits per heavy atom. The molecule has 3 N–H and O–H groups in total. The topological polar surface area (TPSA) is 94.6 Å². The van der Waals surface area contributed by atoms with Crippen LogP contribution >= 0.6 is 0 Å². The van der Waals surface area contributed by atoms with Gasteiger partial charge in [0, 0.05) is 17.6 Å². The van der Waals surface area contributed by atoms with Crippen LogP contribution in [-0.2, 0) is 22.6 Å². The number of amides is 1. The molecular weight excluding hydrogens is 380 g/mol. The summed E-state index contributed by atoms with van der Waals surface area (Å²) in [5.41, 5.74) is 9.96. The molecule has 4 rings (SSSR count). The third kappa shape index (κ3) is 3.90. The van der Waals surface area contributed by atoms with Crippen molar-refractivity contribution >= 4 is 22.8 Å². The Hall–Kier alpha value is -3.28. The van der Waals surface area contributed by atoms with E-state index in [0.717, 1.165) is 53.4 Å². The van der Waals surface area contributed by atoms with Crippen LogP contribution in [0.4, 0.5) is 0 Å². The summed E-state index contributed by atoms with van der Waals surface area (Å²) < 4.78 is 7.89. The molecule has 0 bridgehead atoms. The maximum atomic E-state index is 12.4. The summed E-state index contributed by atoms with van der Waals surface area (Å²) in [6.07, 6.45) is 4.57. The van der Waals surface area contributed by atoms with Gasteiger partial charge in [-0.25, -0.2) is 4.79 Å². The fourth-order valence-corrected chi connectivity index (χ4v) is 4.55. The van der Waals surface area contributed by atoms with E-state index in [-0.39, 0.29) is 5.91 Å². The average molecular weight is 406 g/mol. The second kappa shape index (κ2) is 8.61. The molecule has 1 atom stereocenters. The van der Waals surface area contributed by atoms with E-state index >= 15 is 0 Å². The lowest BCUT2D eigenvalue weighted by Crippen LogP contribution is -2.23. The Kier molecular flexibility index (Phi) is 5.74. The Morgan fingerprint density at radius 3 is 2.60 bits per heavy atom. The molecule has 1 aliphatic rings. The first-order chi connectivity index (χ1) is 14.6. The third-order valence-corrected chi connectivity index (χ3v) is 5.83. The summed E-state index contributed by atoms with van der Waals surface area (Å²) in [5.74, 6) is -1.30. The van der Waals surface area contributed by atoms with Crippen LogP contribution in [0, 0.1) is 0 Å². The lowest BCUT2D eigenvalue weighted by Gasteiger charge is -2.20. The number of aliphatic carboxylic acids is 1. The van der Waals surface area contributed by atoms with E-state index in [1.807, 2.05) is 30.3 Å². The van der Waals surface area contributed by atoms with E-state index in [1.54, 1.807) is 6.07 Å². The molecule has 1 unspecified atom stereocenters. The lowest BCUT2D eigenvalue weighted by atomic mass is 9.86. The van der Waals surface area contributed by atoms with Crippen molar-refractivity contribution in [1.29, 1.82) is 0 Å². The van der Waals surface area contributed by atoms with E-state index in [4.69, 9.17) is 15.6 Å². The maximum absolute atomic E-state index is 12.4. The van der Waals surface area contributed by atoms with Gasteiger partial charge in [0.05, 0.1) is 11.4 Å².